The Morgan fingerprint density at radius 1 is 1.00 bits per heavy atom. The highest BCUT2D eigenvalue weighted by molar-refractivity contribution is 6.42. The molecule has 0 bridgehead atoms. The van der Waals surface area contributed by atoms with Crippen molar-refractivity contribution in [2.45, 2.75) is 6.54 Å². The van der Waals surface area contributed by atoms with E-state index in [1.807, 2.05) is 0 Å². The number of amides is 2. The second kappa shape index (κ2) is 7.94. The lowest BCUT2D eigenvalue weighted by Gasteiger charge is -2.11. The molecule has 7 heteroatoms. The van der Waals surface area contributed by atoms with Gasteiger partial charge in [-0.25, -0.2) is 4.79 Å². The van der Waals surface area contributed by atoms with E-state index in [0.717, 1.165) is 5.56 Å². The quantitative estimate of drug-likeness (QED) is 0.839. The molecule has 2 N–H and O–H groups in total. The fourth-order valence-corrected chi connectivity index (χ4v) is 2.21. The van der Waals surface area contributed by atoms with Crippen LogP contribution in [0.1, 0.15) is 5.56 Å². The molecule has 122 valence electrons. The highest BCUT2D eigenvalue weighted by Crippen LogP contribution is 2.26. The number of urea groups is 1. The lowest BCUT2D eigenvalue weighted by Crippen LogP contribution is -2.28. The number of rotatable bonds is 5. The normalized spacial score (nSPS) is 10.1. The molecule has 0 unspecified atom stereocenters. The Hall–Kier alpha value is -2.11. The third-order valence-corrected chi connectivity index (χ3v) is 3.79. The monoisotopic (exact) mass is 354 g/mol. The maximum absolute atomic E-state index is 12.0. The molecule has 0 saturated carbocycles. The lowest BCUT2D eigenvalue weighted by atomic mass is 10.2. The second-order valence-electron chi connectivity index (χ2n) is 4.66. The van der Waals surface area contributed by atoms with Crippen molar-refractivity contribution in [2.75, 3.05) is 19.5 Å². The molecule has 0 aliphatic rings. The predicted molar refractivity (Wildman–Crippen MR) is 91.9 cm³/mol. The topological polar surface area (TPSA) is 59.6 Å². The van der Waals surface area contributed by atoms with Crippen LogP contribution in [0.2, 0.25) is 10.0 Å². The number of hydrogen-bond donors (Lipinski definition) is 2. The van der Waals surface area contributed by atoms with Crippen molar-refractivity contribution in [3.8, 4) is 11.5 Å². The maximum Gasteiger partial charge on any atom is 0.319 e. The van der Waals surface area contributed by atoms with Crippen LogP contribution in [0.15, 0.2) is 36.4 Å². The molecule has 0 aliphatic heterocycles. The molecule has 0 aromatic heterocycles. The molecule has 2 aromatic carbocycles. The third-order valence-electron chi connectivity index (χ3n) is 3.05. The fraction of sp³-hybridized carbons (Fsp3) is 0.188. The number of carbonyl (C=O) groups is 1. The predicted octanol–water partition coefficient (Wildman–Crippen LogP) is 4.33. The molecule has 0 aliphatic carbocycles. The molecule has 2 amide bonds. The summed E-state index contributed by atoms with van der Waals surface area (Å²) in [6, 6.07) is 9.95. The minimum Gasteiger partial charge on any atom is -0.497 e. The summed E-state index contributed by atoms with van der Waals surface area (Å²) in [4.78, 5) is 12.0. The molecule has 2 rings (SSSR count). The molecule has 0 saturated heterocycles. The zero-order valence-electron chi connectivity index (χ0n) is 12.7. The van der Waals surface area contributed by atoms with Crippen molar-refractivity contribution in [1.29, 1.82) is 0 Å². The van der Waals surface area contributed by atoms with Gasteiger partial charge in [-0.05, 0) is 17.7 Å². The minimum absolute atomic E-state index is 0.323. The lowest BCUT2D eigenvalue weighted by molar-refractivity contribution is 0.251. The van der Waals surface area contributed by atoms with Crippen molar-refractivity contribution in [3.05, 3.63) is 52.0 Å². The van der Waals surface area contributed by atoms with Crippen LogP contribution in [0.25, 0.3) is 0 Å². The van der Waals surface area contributed by atoms with Crippen LogP contribution in [0.3, 0.4) is 0 Å². The first-order valence-corrected chi connectivity index (χ1v) is 7.49. The van der Waals surface area contributed by atoms with Gasteiger partial charge in [0.05, 0.1) is 24.3 Å². The Kier molecular flexibility index (Phi) is 5.96. The van der Waals surface area contributed by atoms with E-state index < -0.39 is 0 Å². The Balaban J connectivity index is 1.97. The standard InChI is InChI=1S/C16H16Cl2N2O3/c1-22-12-6-11(7-13(8-12)23-2)20-16(21)19-9-10-3-4-14(17)15(18)5-10/h3-8H,9H2,1-2H3,(H2,19,20,21). The first-order chi connectivity index (χ1) is 11.0. The van der Waals surface area contributed by atoms with Gasteiger partial charge in [0, 0.05) is 30.4 Å². The fourth-order valence-electron chi connectivity index (χ4n) is 1.89. The molecule has 5 nitrogen and oxygen atoms in total. The molecule has 0 fully saturated rings. The van der Waals surface area contributed by atoms with E-state index in [-0.39, 0.29) is 6.03 Å². The van der Waals surface area contributed by atoms with E-state index in [9.17, 15) is 4.79 Å². The molecular formula is C16H16Cl2N2O3. The van der Waals surface area contributed by atoms with Gasteiger partial charge in [0.2, 0.25) is 0 Å². The van der Waals surface area contributed by atoms with Gasteiger partial charge >= 0.3 is 6.03 Å². The average Bonchev–Trinajstić information content (AvgIpc) is 2.55. The van der Waals surface area contributed by atoms with Crippen molar-refractivity contribution < 1.29 is 14.3 Å². The molecule has 2 aromatic rings. The van der Waals surface area contributed by atoms with Gasteiger partial charge in [-0.1, -0.05) is 29.3 Å². The van der Waals surface area contributed by atoms with Crippen LogP contribution < -0.4 is 20.1 Å². The summed E-state index contributed by atoms with van der Waals surface area (Å²) < 4.78 is 10.3. The number of ether oxygens (including phenoxy) is 2. The summed E-state index contributed by atoms with van der Waals surface area (Å²) >= 11 is 11.8. The van der Waals surface area contributed by atoms with Crippen LogP contribution in [0, 0.1) is 0 Å². The zero-order valence-corrected chi connectivity index (χ0v) is 14.2. The zero-order chi connectivity index (χ0) is 16.8. The molecule has 0 spiro atoms. The van der Waals surface area contributed by atoms with Gasteiger partial charge in [-0.2, -0.15) is 0 Å². The van der Waals surface area contributed by atoms with E-state index in [2.05, 4.69) is 10.6 Å². The van der Waals surface area contributed by atoms with Crippen molar-refractivity contribution >= 4 is 34.9 Å². The number of carbonyl (C=O) groups excluding carboxylic acids is 1. The van der Waals surface area contributed by atoms with E-state index in [1.165, 1.54) is 0 Å². The number of benzene rings is 2. The van der Waals surface area contributed by atoms with Crippen LogP contribution in [-0.2, 0) is 6.54 Å². The number of anilines is 1. The highest BCUT2D eigenvalue weighted by Gasteiger charge is 2.06. The summed E-state index contributed by atoms with van der Waals surface area (Å²) in [7, 11) is 3.09. The molecule has 0 atom stereocenters. The number of methoxy groups -OCH3 is 2. The van der Waals surface area contributed by atoms with Gasteiger partial charge in [0.25, 0.3) is 0 Å². The number of halogens is 2. The molecular weight excluding hydrogens is 339 g/mol. The average molecular weight is 355 g/mol. The van der Waals surface area contributed by atoms with Crippen LogP contribution >= 0.6 is 23.2 Å². The summed E-state index contributed by atoms with van der Waals surface area (Å²) in [6.07, 6.45) is 0. The van der Waals surface area contributed by atoms with Crippen molar-refractivity contribution in [2.24, 2.45) is 0 Å². The number of hydrogen-bond acceptors (Lipinski definition) is 3. The summed E-state index contributed by atoms with van der Waals surface area (Å²) in [6.45, 7) is 0.323. The Labute approximate surface area is 144 Å². The van der Waals surface area contributed by atoms with Crippen LogP contribution in [0.4, 0.5) is 10.5 Å². The SMILES string of the molecule is COc1cc(NC(=O)NCc2ccc(Cl)c(Cl)c2)cc(OC)c1. The summed E-state index contributed by atoms with van der Waals surface area (Å²) in [5.41, 5.74) is 1.41. The molecule has 0 radical (unpaired) electrons. The highest BCUT2D eigenvalue weighted by atomic mass is 35.5. The van der Waals surface area contributed by atoms with Gasteiger partial charge in [0.15, 0.2) is 0 Å². The van der Waals surface area contributed by atoms with Crippen molar-refractivity contribution in [1.82, 2.24) is 5.32 Å². The molecule has 0 heterocycles. The summed E-state index contributed by atoms with van der Waals surface area (Å²) in [5, 5.41) is 6.38. The second-order valence-corrected chi connectivity index (χ2v) is 5.47. The van der Waals surface area contributed by atoms with E-state index in [4.69, 9.17) is 32.7 Å². The Bertz CT molecular complexity index is 685. The number of nitrogens with one attached hydrogen (secondary N) is 2. The van der Waals surface area contributed by atoms with Crippen LogP contribution in [0.5, 0.6) is 11.5 Å². The van der Waals surface area contributed by atoms with Gasteiger partial charge in [-0.15, -0.1) is 0 Å². The van der Waals surface area contributed by atoms with Gasteiger partial charge < -0.3 is 20.1 Å². The Morgan fingerprint density at radius 2 is 1.65 bits per heavy atom. The summed E-state index contributed by atoms with van der Waals surface area (Å²) in [5.74, 6) is 1.17. The first-order valence-electron chi connectivity index (χ1n) is 6.73. The van der Waals surface area contributed by atoms with E-state index in [0.29, 0.717) is 33.8 Å². The third kappa shape index (κ3) is 4.94. The molecule has 23 heavy (non-hydrogen) atoms. The minimum atomic E-state index is -0.355. The van der Waals surface area contributed by atoms with Gasteiger partial charge in [0.1, 0.15) is 11.5 Å². The van der Waals surface area contributed by atoms with Gasteiger partial charge in [-0.3, -0.25) is 0 Å². The van der Waals surface area contributed by atoms with E-state index >= 15 is 0 Å². The first kappa shape index (κ1) is 17.2. The van der Waals surface area contributed by atoms with Crippen LogP contribution in [-0.4, -0.2) is 20.3 Å². The van der Waals surface area contributed by atoms with Crippen molar-refractivity contribution in [3.63, 3.8) is 0 Å². The maximum atomic E-state index is 12.0. The van der Waals surface area contributed by atoms with E-state index in [1.54, 1.807) is 50.6 Å². The largest absolute Gasteiger partial charge is 0.497 e. The Morgan fingerprint density at radius 3 is 2.22 bits per heavy atom. The smallest absolute Gasteiger partial charge is 0.319 e.